The fourth-order valence-electron chi connectivity index (χ4n) is 1.41. The average molecular weight is 255 g/mol. The van der Waals surface area contributed by atoms with Gasteiger partial charge in [0.05, 0.1) is 17.9 Å². The first kappa shape index (κ1) is 11.6. The van der Waals surface area contributed by atoms with Gasteiger partial charge >= 0.3 is 0 Å². The van der Waals surface area contributed by atoms with Crippen LogP contribution >= 0.6 is 20.8 Å². The minimum atomic E-state index is -0.0859. The van der Waals surface area contributed by atoms with E-state index >= 15 is 0 Å². The van der Waals surface area contributed by atoms with Gasteiger partial charge in [-0.25, -0.2) is 4.98 Å². The number of hydrogen-bond donors (Lipinski definition) is 2. The van der Waals surface area contributed by atoms with Crippen LogP contribution in [0.1, 0.15) is 0 Å². The zero-order valence-electron chi connectivity index (χ0n) is 8.52. The third-order valence-electron chi connectivity index (χ3n) is 2.18. The summed E-state index contributed by atoms with van der Waals surface area (Å²) in [6.45, 7) is 0.0466. The van der Waals surface area contributed by atoms with E-state index in [-0.39, 0.29) is 12.4 Å². The monoisotopic (exact) mass is 254 g/mol. The first-order valence-corrected chi connectivity index (χ1v) is 5.93. The zero-order chi connectivity index (χ0) is 11.5. The molecule has 0 fully saturated rings. The van der Waals surface area contributed by atoms with Gasteiger partial charge in [-0.3, -0.25) is 0 Å². The van der Waals surface area contributed by atoms with E-state index in [9.17, 15) is 0 Å². The van der Waals surface area contributed by atoms with Crippen LogP contribution in [0.5, 0.6) is 0 Å². The summed E-state index contributed by atoms with van der Waals surface area (Å²) in [5.74, 6) is 0.654. The Bertz CT molecular complexity index is 506. The Balaban J connectivity index is 2.33. The Morgan fingerprint density at radius 2 is 2.19 bits per heavy atom. The molecule has 16 heavy (non-hydrogen) atoms. The van der Waals surface area contributed by atoms with Gasteiger partial charge in [0.1, 0.15) is 5.82 Å². The summed E-state index contributed by atoms with van der Waals surface area (Å²) in [5.41, 5.74) is 0.879. The van der Waals surface area contributed by atoms with Crippen molar-refractivity contribution < 1.29 is 5.11 Å². The highest BCUT2D eigenvalue weighted by Crippen LogP contribution is 2.20. The number of fused-ring (bicyclic) bond motifs is 1. The van der Waals surface area contributed by atoms with Crippen molar-refractivity contribution in [2.75, 3.05) is 11.9 Å². The number of aliphatic hydroxyl groups is 1. The molecule has 0 spiro atoms. The Kier molecular flexibility index (Phi) is 3.59. The molecule has 1 heterocycles. The second kappa shape index (κ2) is 4.96. The van der Waals surface area contributed by atoms with Crippen molar-refractivity contribution in [1.29, 1.82) is 0 Å². The lowest BCUT2D eigenvalue weighted by Gasteiger charge is -2.11. The van der Waals surface area contributed by atoms with Gasteiger partial charge in [-0.15, -0.1) is 9.24 Å². The molecule has 1 unspecified atom stereocenters. The lowest BCUT2D eigenvalue weighted by atomic mass is 10.2. The summed E-state index contributed by atoms with van der Waals surface area (Å²) in [7, 11) is 2.51. The average Bonchev–Trinajstić information content (AvgIpc) is 2.29. The van der Waals surface area contributed by atoms with Crippen molar-refractivity contribution >= 4 is 37.6 Å². The minimum Gasteiger partial charge on any atom is -0.394 e. The summed E-state index contributed by atoms with van der Waals surface area (Å²) in [6, 6.07) is 9.37. The van der Waals surface area contributed by atoms with E-state index in [0.29, 0.717) is 5.02 Å². The van der Waals surface area contributed by atoms with Gasteiger partial charge in [0.15, 0.2) is 0 Å². The summed E-state index contributed by atoms with van der Waals surface area (Å²) < 4.78 is 0. The number of aliphatic hydroxyl groups excluding tert-OH is 1. The Hall–Kier alpha value is -0.890. The maximum Gasteiger partial charge on any atom is 0.127 e. The molecule has 0 amide bonds. The number of hydrogen-bond acceptors (Lipinski definition) is 3. The SMILES string of the molecule is OC[C@@H](P)Nc1ccc2cc(Cl)ccc2n1. The van der Waals surface area contributed by atoms with E-state index < -0.39 is 0 Å². The van der Waals surface area contributed by atoms with Crippen molar-refractivity contribution in [2.45, 2.75) is 5.78 Å². The highest BCUT2D eigenvalue weighted by atomic mass is 35.5. The van der Waals surface area contributed by atoms with Gasteiger partial charge in [-0.2, -0.15) is 0 Å². The molecule has 0 aliphatic rings. The number of nitrogens with one attached hydrogen (secondary N) is 1. The maximum absolute atomic E-state index is 8.92. The second-order valence-corrected chi connectivity index (χ2v) is 4.71. The summed E-state index contributed by atoms with van der Waals surface area (Å²) in [5, 5.41) is 13.7. The van der Waals surface area contributed by atoms with Crippen LogP contribution < -0.4 is 5.32 Å². The second-order valence-electron chi connectivity index (χ2n) is 3.47. The first-order chi connectivity index (χ1) is 7.69. The standard InChI is InChI=1S/C11H12ClN2OP/c12-8-2-3-9-7(5-8)1-4-10(13-9)14-11(16)6-15/h1-5,11,15H,6,16H2,(H,13,14)/t11-/m1/s1. The third-order valence-corrected chi connectivity index (χ3v) is 2.79. The number of aromatic nitrogens is 1. The Morgan fingerprint density at radius 1 is 1.38 bits per heavy atom. The summed E-state index contributed by atoms with van der Waals surface area (Å²) >= 11 is 5.89. The third kappa shape index (κ3) is 2.62. The van der Waals surface area contributed by atoms with Crippen LogP contribution in [-0.2, 0) is 0 Å². The van der Waals surface area contributed by atoms with Crippen LogP contribution in [0.25, 0.3) is 10.9 Å². The zero-order valence-corrected chi connectivity index (χ0v) is 10.4. The van der Waals surface area contributed by atoms with Gasteiger partial charge < -0.3 is 10.4 Å². The van der Waals surface area contributed by atoms with Gasteiger partial charge in [-0.1, -0.05) is 11.6 Å². The lowest BCUT2D eigenvalue weighted by molar-refractivity contribution is 0.302. The fourth-order valence-corrected chi connectivity index (χ4v) is 1.76. The molecule has 84 valence electrons. The topological polar surface area (TPSA) is 45.1 Å². The van der Waals surface area contributed by atoms with Crippen molar-refractivity contribution in [2.24, 2.45) is 0 Å². The smallest absolute Gasteiger partial charge is 0.127 e. The number of halogens is 1. The van der Waals surface area contributed by atoms with Gasteiger partial charge in [0, 0.05) is 10.4 Å². The molecule has 0 aliphatic heterocycles. The van der Waals surface area contributed by atoms with E-state index in [1.807, 2.05) is 30.3 Å². The molecule has 1 aromatic carbocycles. The fraction of sp³-hybridized carbons (Fsp3) is 0.182. The van der Waals surface area contributed by atoms with Crippen LogP contribution in [0.3, 0.4) is 0 Å². The van der Waals surface area contributed by atoms with Crippen LogP contribution in [0.4, 0.5) is 5.82 Å². The molecule has 2 aromatic rings. The van der Waals surface area contributed by atoms with Gasteiger partial charge in [0.25, 0.3) is 0 Å². The molecule has 2 N–H and O–H groups in total. The van der Waals surface area contributed by atoms with Crippen LogP contribution in [0.15, 0.2) is 30.3 Å². The van der Waals surface area contributed by atoms with Crippen LogP contribution in [0, 0.1) is 0 Å². The molecule has 1 aromatic heterocycles. The molecular weight excluding hydrogens is 243 g/mol. The number of pyridine rings is 1. The minimum absolute atomic E-state index is 0.0466. The molecule has 3 nitrogen and oxygen atoms in total. The van der Waals surface area contributed by atoms with Crippen molar-refractivity contribution in [1.82, 2.24) is 4.98 Å². The Morgan fingerprint density at radius 3 is 2.94 bits per heavy atom. The quantitative estimate of drug-likeness (QED) is 0.828. The number of nitrogens with zero attached hydrogens (tertiary/aromatic N) is 1. The van der Waals surface area contributed by atoms with Crippen LogP contribution in [0.2, 0.25) is 5.02 Å². The van der Waals surface area contributed by atoms with Gasteiger partial charge in [-0.05, 0) is 30.3 Å². The first-order valence-electron chi connectivity index (χ1n) is 4.88. The molecule has 2 atom stereocenters. The van der Waals surface area contributed by atoms with E-state index in [4.69, 9.17) is 16.7 Å². The maximum atomic E-state index is 8.92. The molecule has 5 heteroatoms. The molecule has 0 saturated heterocycles. The van der Waals surface area contributed by atoms with Crippen molar-refractivity contribution in [3.63, 3.8) is 0 Å². The summed E-state index contributed by atoms with van der Waals surface area (Å²) in [4.78, 5) is 4.41. The largest absolute Gasteiger partial charge is 0.394 e. The lowest BCUT2D eigenvalue weighted by Crippen LogP contribution is -2.16. The predicted octanol–water partition coefficient (Wildman–Crippen LogP) is 2.49. The highest BCUT2D eigenvalue weighted by Gasteiger charge is 2.02. The molecule has 0 bridgehead atoms. The molecule has 0 radical (unpaired) electrons. The van der Waals surface area contributed by atoms with E-state index in [1.165, 1.54) is 0 Å². The molecule has 0 saturated carbocycles. The van der Waals surface area contributed by atoms with E-state index in [2.05, 4.69) is 19.5 Å². The molecule has 0 aliphatic carbocycles. The summed E-state index contributed by atoms with van der Waals surface area (Å²) in [6.07, 6.45) is 0. The van der Waals surface area contributed by atoms with Crippen LogP contribution in [-0.4, -0.2) is 22.5 Å². The normalized spacial score (nSPS) is 12.7. The van der Waals surface area contributed by atoms with Crippen molar-refractivity contribution in [3.05, 3.63) is 35.4 Å². The van der Waals surface area contributed by atoms with E-state index in [0.717, 1.165) is 16.7 Å². The number of anilines is 1. The number of rotatable bonds is 3. The molecule has 2 rings (SSSR count). The molecular formula is C11H12ClN2OP. The predicted molar refractivity (Wildman–Crippen MR) is 71.0 cm³/mol. The number of benzene rings is 1. The Labute approximate surface area is 101 Å². The van der Waals surface area contributed by atoms with Gasteiger partial charge in [0.2, 0.25) is 0 Å². The highest BCUT2D eigenvalue weighted by molar-refractivity contribution is 7.17. The van der Waals surface area contributed by atoms with E-state index in [1.54, 1.807) is 0 Å². The van der Waals surface area contributed by atoms with Crippen molar-refractivity contribution in [3.8, 4) is 0 Å².